The predicted molar refractivity (Wildman–Crippen MR) is 75.5 cm³/mol. The molecule has 0 spiro atoms. The van der Waals surface area contributed by atoms with E-state index < -0.39 is 0 Å². The summed E-state index contributed by atoms with van der Waals surface area (Å²) in [5, 5.41) is 0. The monoisotopic (exact) mass is 268 g/mol. The fourth-order valence-corrected chi connectivity index (χ4v) is 2.29. The number of amides is 1. The maximum absolute atomic E-state index is 11.3. The van der Waals surface area contributed by atoms with E-state index in [1.165, 1.54) is 5.56 Å². The molecule has 1 saturated heterocycles. The number of hydrogen-bond acceptors (Lipinski definition) is 2. The second-order valence-electron chi connectivity index (χ2n) is 5.19. The number of benzene rings is 1. The van der Waals surface area contributed by atoms with Gasteiger partial charge in [0.15, 0.2) is 0 Å². The van der Waals surface area contributed by atoms with Gasteiger partial charge in [-0.3, -0.25) is 9.69 Å². The van der Waals surface area contributed by atoms with Crippen LogP contribution < -0.4 is 5.73 Å². The molecule has 4 heteroatoms. The van der Waals surface area contributed by atoms with Crippen molar-refractivity contribution < 1.29 is 4.79 Å². The summed E-state index contributed by atoms with van der Waals surface area (Å²) in [5.41, 5.74) is 6.47. The van der Waals surface area contributed by atoms with Gasteiger partial charge in [-0.2, -0.15) is 0 Å². The summed E-state index contributed by atoms with van der Waals surface area (Å²) in [4.78, 5) is 13.7. The van der Waals surface area contributed by atoms with E-state index >= 15 is 0 Å². The first-order chi connectivity index (χ1) is 8.10. The van der Waals surface area contributed by atoms with Gasteiger partial charge in [0.2, 0.25) is 5.91 Å². The molecule has 100 valence electrons. The van der Waals surface area contributed by atoms with Gasteiger partial charge >= 0.3 is 0 Å². The van der Waals surface area contributed by atoms with E-state index in [0.717, 1.165) is 32.5 Å². The average molecular weight is 269 g/mol. The van der Waals surface area contributed by atoms with Gasteiger partial charge in [0.25, 0.3) is 0 Å². The van der Waals surface area contributed by atoms with Crippen LogP contribution in [0.2, 0.25) is 0 Å². The first-order valence-corrected chi connectivity index (χ1v) is 6.16. The maximum Gasteiger partial charge on any atom is 0.223 e. The minimum atomic E-state index is -0.298. The largest absolute Gasteiger partial charge is 0.369 e. The van der Waals surface area contributed by atoms with Crippen molar-refractivity contribution in [1.82, 2.24) is 4.90 Å². The molecule has 0 unspecified atom stereocenters. The predicted octanol–water partition coefficient (Wildman–Crippen LogP) is 2.20. The van der Waals surface area contributed by atoms with Crippen LogP contribution in [0.25, 0.3) is 0 Å². The Kier molecular flexibility index (Phi) is 5.17. The first kappa shape index (κ1) is 15.0. The number of primary amides is 1. The Morgan fingerprint density at radius 2 is 1.83 bits per heavy atom. The third kappa shape index (κ3) is 3.47. The zero-order valence-electron chi connectivity index (χ0n) is 10.8. The second-order valence-corrected chi connectivity index (χ2v) is 5.19. The third-order valence-corrected chi connectivity index (χ3v) is 3.80. The van der Waals surface area contributed by atoms with E-state index in [9.17, 15) is 4.79 Å². The van der Waals surface area contributed by atoms with Crippen LogP contribution in [-0.4, -0.2) is 23.9 Å². The maximum atomic E-state index is 11.3. The Balaban J connectivity index is 0.00000162. The second kappa shape index (κ2) is 6.21. The van der Waals surface area contributed by atoms with Crippen LogP contribution in [0.5, 0.6) is 0 Å². The number of hydrogen-bond donors (Lipinski definition) is 1. The lowest BCUT2D eigenvalue weighted by Crippen LogP contribution is -2.45. The Labute approximate surface area is 115 Å². The summed E-state index contributed by atoms with van der Waals surface area (Å²) in [6, 6.07) is 10.4. The van der Waals surface area contributed by atoms with Gasteiger partial charge in [0, 0.05) is 12.0 Å². The Hall–Kier alpha value is -1.06. The van der Waals surface area contributed by atoms with E-state index in [0.29, 0.717) is 0 Å². The van der Waals surface area contributed by atoms with Gasteiger partial charge in [0.05, 0.1) is 0 Å². The lowest BCUT2D eigenvalue weighted by molar-refractivity contribution is -0.129. The van der Waals surface area contributed by atoms with E-state index in [1.54, 1.807) is 0 Å². The van der Waals surface area contributed by atoms with Crippen LogP contribution in [0.4, 0.5) is 0 Å². The molecule has 0 saturated carbocycles. The van der Waals surface area contributed by atoms with Gasteiger partial charge in [-0.15, -0.1) is 12.4 Å². The summed E-state index contributed by atoms with van der Waals surface area (Å²) in [6.45, 7) is 4.85. The molecular formula is C14H21ClN2O. The molecule has 1 heterocycles. The van der Waals surface area contributed by atoms with Gasteiger partial charge in [-0.1, -0.05) is 37.3 Å². The minimum absolute atomic E-state index is 0. The van der Waals surface area contributed by atoms with Crippen LogP contribution in [0.15, 0.2) is 30.3 Å². The van der Waals surface area contributed by atoms with Crippen molar-refractivity contribution >= 4 is 18.3 Å². The number of carbonyl (C=O) groups excluding carboxylic acids is 1. The first-order valence-electron chi connectivity index (χ1n) is 6.16. The highest BCUT2D eigenvalue weighted by Gasteiger charge is 2.34. The molecule has 0 aromatic heterocycles. The highest BCUT2D eigenvalue weighted by Crippen LogP contribution is 2.30. The molecule has 2 rings (SSSR count). The molecular weight excluding hydrogens is 248 g/mol. The van der Waals surface area contributed by atoms with Crippen molar-refractivity contribution in [3.05, 3.63) is 35.9 Å². The van der Waals surface area contributed by atoms with Crippen LogP contribution in [0.1, 0.15) is 25.3 Å². The average Bonchev–Trinajstić information content (AvgIpc) is 2.33. The van der Waals surface area contributed by atoms with Crippen molar-refractivity contribution in [2.24, 2.45) is 11.1 Å². The molecule has 0 atom stereocenters. The third-order valence-electron chi connectivity index (χ3n) is 3.80. The zero-order chi connectivity index (χ0) is 12.3. The van der Waals surface area contributed by atoms with Crippen LogP contribution in [-0.2, 0) is 11.3 Å². The molecule has 3 nitrogen and oxygen atoms in total. The molecule has 18 heavy (non-hydrogen) atoms. The summed E-state index contributed by atoms with van der Waals surface area (Å²) >= 11 is 0. The zero-order valence-corrected chi connectivity index (χ0v) is 11.6. The number of piperidine rings is 1. The number of likely N-dealkylation sites (tertiary alicyclic amines) is 1. The van der Waals surface area contributed by atoms with Crippen LogP contribution in [0.3, 0.4) is 0 Å². The number of nitrogens with zero attached hydrogens (tertiary/aromatic N) is 1. The highest BCUT2D eigenvalue weighted by atomic mass is 35.5. The Bertz CT molecular complexity index is 386. The molecule has 0 bridgehead atoms. The van der Waals surface area contributed by atoms with Crippen molar-refractivity contribution in [3.63, 3.8) is 0 Å². The summed E-state index contributed by atoms with van der Waals surface area (Å²) in [5.74, 6) is -0.156. The quantitative estimate of drug-likeness (QED) is 0.914. The standard InChI is InChI=1S/C14H20N2O.ClH/c1-14(13(15)17)7-9-16(10-8-14)11-12-5-3-2-4-6-12;/h2-6H,7-11H2,1H3,(H2,15,17);1H. The van der Waals surface area contributed by atoms with Gasteiger partial charge < -0.3 is 5.73 Å². The Morgan fingerprint density at radius 1 is 1.28 bits per heavy atom. The lowest BCUT2D eigenvalue weighted by Gasteiger charge is -2.37. The van der Waals surface area contributed by atoms with Crippen molar-refractivity contribution in [2.75, 3.05) is 13.1 Å². The van der Waals surface area contributed by atoms with Crippen molar-refractivity contribution in [2.45, 2.75) is 26.3 Å². The van der Waals surface area contributed by atoms with E-state index in [1.807, 2.05) is 13.0 Å². The summed E-state index contributed by atoms with van der Waals surface area (Å²) in [7, 11) is 0. The molecule has 1 aromatic carbocycles. The van der Waals surface area contributed by atoms with Crippen molar-refractivity contribution in [3.8, 4) is 0 Å². The molecule has 1 aliphatic heterocycles. The minimum Gasteiger partial charge on any atom is -0.369 e. The molecule has 1 amide bonds. The van der Waals surface area contributed by atoms with Gasteiger partial charge in [-0.25, -0.2) is 0 Å². The normalized spacial score (nSPS) is 18.9. The lowest BCUT2D eigenvalue weighted by atomic mass is 9.80. The number of carbonyl (C=O) groups is 1. The van der Waals surface area contributed by atoms with E-state index in [4.69, 9.17) is 5.73 Å². The molecule has 2 N–H and O–H groups in total. The fraction of sp³-hybridized carbons (Fsp3) is 0.500. The summed E-state index contributed by atoms with van der Waals surface area (Å²) in [6.07, 6.45) is 1.74. The molecule has 1 fully saturated rings. The number of rotatable bonds is 3. The van der Waals surface area contributed by atoms with Crippen molar-refractivity contribution in [1.29, 1.82) is 0 Å². The number of halogens is 1. The fourth-order valence-electron chi connectivity index (χ4n) is 2.29. The molecule has 0 aliphatic carbocycles. The highest BCUT2D eigenvalue weighted by molar-refractivity contribution is 5.85. The molecule has 1 aliphatic rings. The number of nitrogens with two attached hydrogens (primary N) is 1. The van der Waals surface area contributed by atoms with Crippen LogP contribution >= 0.6 is 12.4 Å². The smallest absolute Gasteiger partial charge is 0.223 e. The topological polar surface area (TPSA) is 46.3 Å². The SMILES string of the molecule is CC1(C(N)=O)CCN(Cc2ccccc2)CC1.Cl. The van der Waals surface area contributed by atoms with E-state index in [-0.39, 0.29) is 23.7 Å². The summed E-state index contributed by atoms with van der Waals surface area (Å²) < 4.78 is 0. The molecule has 1 aromatic rings. The van der Waals surface area contributed by atoms with Gasteiger partial charge in [0.1, 0.15) is 0 Å². The van der Waals surface area contributed by atoms with E-state index in [2.05, 4.69) is 29.2 Å². The van der Waals surface area contributed by atoms with Crippen LogP contribution in [0, 0.1) is 5.41 Å². The van der Waals surface area contributed by atoms with Gasteiger partial charge in [-0.05, 0) is 31.5 Å². The molecule has 0 radical (unpaired) electrons. The Morgan fingerprint density at radius 3 is 2.33 bits per heavy atom.